The van der Waals surface area contributed by atoms with Gasteiger partial charge in [0.05, 0.1) is 6.61 Å². The van der Waals surface area contributed by atoms with Crippen LogP contribution in [0.2, 0.25) is 0 Å². The molecule has 0 aromatic rings. The first-order valence-corrected chi connectivity index (χ1v) is 4.54. The lowest BCUT2D eigenvalue weighted by Gasteiger charge is -2.01. The third kappa shape index (κ3) is 22.6. The van der Waals surface area contributed by atoms with E-state index in [9.17, 15) is 0 Å². The zero-order valence-corrected chi connectivity index (χ0v) is 8.53. The van der Waals surface area contributed by atoms with Gasteiger partial charge in [0.2, 0.25) is 0 Å². The molecule has 0 saturated heterocycles. The molecule has 0 radical (unpaired) electrons. The second-order valence-electron chi connectivity index (χ2n) is 2.16. The number of hydrogen-bond donors (Lipinski definition) is 2. The van der Waals surface area contributed by atoms with Crippen molar-refractivity contribution in [2.24, 2.45) is 0 Å². The number of hydrogen-bond acceptors (Lipinski definition) is 3. The van der Waals surface area contributed by atoms with Gasteiger partial charge in [0, 0.05) is 4.83 Å². The highest BCUT2D eigenvalue weighted by molar-refractivity contribution is 9.09. The predicted molar refractivity (Wildman–Crippen MR) is 48.1 cm³/mol. The van der Waals surface area contributed by atoms with Gasteiger partial charge in [0.15, 0.2) is 0 Å². The van der Waals surface area contributed by atoms with Crippen LogP contribution in [0.3, 0.4) is 0 Å². The maximum atomic E-state index is 8.51. The molecule has 0 aliphatic carbocycles. The Morgan fingerprint density at radius 1 is 1.67 bits per heavy atom. The average molecular weight is 244 g/mol. The molecule has 0 bridgehead atoms. The van der Waals surface area contributed by atoms with Crippen LogP contribution in [0.25, 0.3) is 0 Å². The van der Waals surface area contributed by atoms with Gasteiger partial charge in [-0.1, -0.05) is 35.7 Å². The van der Waals surface area contributed by atoms with Gasteiger partial charge in [0.1, 0.15) is 0 Å². The van der Waals surface area contributed by atoms with E-state index in [0.29, 0.717) is 4.83 Å². The Bertz CT molecular complexity index is 108. The molecule has 0 rings (SSSR count). The zero-order valence-electron chi connectivity index (χ0n) is 6.94. The molecule has 0 aliphatic heterocycles. The quantitative estimate of drug-likeness (QED) is 0.446. The van der Waals surface area contributed by atoms with Crippen molar-refractivity contribution in [2.45, 2.75) is 31.0 Å². The Morgan fingerprint density at radius 3 is 2.33 bits per heavy atom. The van der Waals surface area contributed by atoms with Crippen LogP contribution in [0.15, 0.2) is 0 Å². The Hall–Kier alpha value is -0.360. The molecule has 6 heteroatoms. The number of halogens is 1. The Balaban J connectivity index is 0. The first-order chi connectivity index (χ1) is 5.54. The van der Waals surface area contributed by atoms with Crippen LogP contribution in [0.4, 0.5) is 0 Å². The van der Waals surface area contributed by atoms with Crippen molar-refractivity contribution in [3.8, 4) is 0 Å². The first kappa shape index (κ1) is 14.2. The maximum Gasteiger partial charge on any atom is 0.291 e. The van der Waals surface area contributed by atoms with E-state index in [2.05, 4.69) is 22.9 Å². The second kappa shape index (κ2) is 10.6. The molecule has 0 spiro atoms. The molecule has 1 atom stereocenters. The summed E-state index contributed by atoms with van der Waals surface area (Å²) < 4.78 is 0. The lowest BCUT2D eigenvalue weighted by molar-refractivity contribution is -0.742. The number of alkyl halides is 1. The molecule has 0 aromatic heterocycles. The fraction of sp³-hybridized carbons (Fsp3) is 1.00. The van der Waals surface area contributed by atoms with Gasteiger partial charge in [-0.25, -0.2) is 0 Å². The summed E-state index contributed by atoms with van der Waals surface area (Å²) in [4.78, 5) is 8.68. The van der Waals surface area contributed by atoms with Gasteiger partial charge >= 0.3 is 0 Å². The summed E-state index contributed by atoms with van der Waals surface area (Å²) in [5, 5.41) is 22.2. The van der Waals surface area contributed by atoms with E-state index in [0.717, 1.165) is 6.42 Å². The van der Waals surface area contributed by atoms with Crippen molar-refractivity contribution in [3.05, 3.63) is 10.1 Å². The minimum Gasteiger partial charge on any atom is -0.395 e. The smallest absolute Gasteiger partial charge is 0.291 e. The number of nitrogens with zero attached hydrogens (tertiary/aromatic N) is 1. The number of unbranched alkanes of at least 4 members (excludes halogenated alkanes) is 1. The Labute approximate surface area is 79.6 Å². The molecule has 12 heavy (non-hydrogen) atoms. The van der Waals surface area contributed by atoms with Crippen LogP contribution in [0.1, 0.15) is 26.2 Å². The molecule has 0 aliphatic rings. The molecule has 0 aromatic carbocycles. The van der Waals surface area contributed by atoms with Gasteiger partial charge in [-0.15, -0.1) is 10.1 Å². The summed E-state index contributed by atoms with van der Waals surface area (Å²) in [6, 6.07) is 0. The van der Waals surface area contributed by atoms with Crippen molar-refractivity contribution < 1.29 is 15.4 Å². The van der Waals surface area contributed by atoms with Crippen molar-refractivity contribution in [3.63, 3.8) is 0 Å². The van der Waals surface area contributed by atoms with E-state index >= 15 is 0 Å². The van der Waals surface area contributed by atoms with Crippen LogP contribution < -0.4 is 0 Å². The van der Waals surface area contributed by atoms with Crippen LogP contribution >= 0.6 is 15.9 Å². The van der Waals surface area contributed by atoms with E-state index in [-0.39, 0.29) is 6.61 Å². The lowest BCUT2D eigenvalue weighted by atomic mass is 10.2. The van der Waals surface area contributed by atoms with Gasteiger partial charge in [-0.2, -0.15) is 0 Å². The zero-order chi connectivity index (χ0) is 9.98. The monoisotopic (exact) mass is 243 g/mol. The Morgan fingerprint density at radius 2 is 2.08 bits per heavy atom. The summed E-state index contributed by atoms with van der Waals surface area (Å²) in [5.74, 6) is 0. The minimum absolute atomic E-state index is 0.264. The van der Waals surface area contributed by atoms with Crippen molar-refractivity contribution in [1.82, 2.24) is 0 Å². The average Bonchev–Trinajstić information content (AvgIpc) is 1.99. The van der Waals surface area contributed by atoms with E-state index in [1.54, 1.807) is 0 Å². The van der Waals surface area contributed by atoms with Gasteiger partial charge in [-0.3, -0.25) is 0 Å². The Kier molecular flexibility index (Phi) is 12.6. The molecule has 74 valence electrons. The SMILES string of the molecule is CCCCC(Br)CO.O=[N+]([O-])O. The highest BCUT2D eigenvalue weighted by Gasteiger charge is 1.98. The molecule has 1 unspecified atom stereocenters. The molecule has 5 nitrogen and oxygen atoms in total. The van der Waals surface area contributed by atoms with Gasteiger partial charge in [0.25, 0.3) is 5.09 Å². The van der Waals surface area contributed by atoms with Crippen LogP contribution in [0.5, 0.6) is 0 Å². The fourth-order valence-electron chi connectivity index (χ4n) is 0.517. The first-order valence-electron chi connectivity index (χ1n) is 3.62. The molecular formula is C6H14BrNO4. The third-order valence-corrected chi connectivity index (χ3v) is 1.82. The van der Waals surface area contributed by atoms with Crippen LogP contribution in [-0.4, -0.2) is 26.8 Å². The standard InChI is InChI=1S/C6H13BrO.HNO3/c1-2-3-4-6(7)5-8;2-1(3)4/h6,8H,2-5H2,1H3;(H,2,3,4). The summed E-state index contributed by atoms with van der Waals surface area (Å²) in [6.07, 6.45) is 3.51. The van der Waals surface area contributed by atoms with Gasteiger partial charge < -0.3 is 10.3 Å². The lowest BCUT2D eigenvalue weighted by Crippen LogP contribution is -2.02. The second-order valence-corrected chi connectivity index (χ2v) is 3.45. The molecule has 0 heterocycles. The third-order valence-electron chi connectivity index (χ3n) is 1.07. The van der Waals surface area contributed by atoms with E-state index in [1.165, 1.54) is 12.8 Å². The predicted octanol–water partition coefficient (Wildman–Crippen LogP) is 1.58. The maximum absolute atomic E-state index is 8.51. The highest BCUT2D eigenvalue weighted by atomic mass is 79.9. The molecular weight excluding hydrogens is 230 g/mol. The number of aliphatic hydroxyl groups is 1. The summed E-state index contributed by atoms with van der Waals surface area (Å²) in [7, 11) is 0. The molecule has 0 saturated carbocycles. The topological polar surface area (TPSA) is 83.6 Å². The fourth-order valence-corrected chi connectivity index (χ4v) is 0.841. The summed E-state index contributed by atoms with van der Waals surface area (Å²) >= 11 is 3.33. The summed E-state index contributed by atoms with van der Waals surface area (Å²) in [5.41, 5.74) is 0. The van der Waals surface area contributed by atoms with Crippen molar-refractivity contribution >= 4 is 15.9 Å². The largest absolute Gasteiger partial charge is 0.395 e. The van der Waals surface area contributed by atoms with E-state index in [1.807, 2.05) is 0 Å². The summed E-state index contributed by atoms with van der Waals surface area (Å²) in [6.45, 7) is 2.41. The normalized spacial score (nSPS) is 11.2. The minimum atomic E-state index is -1.50. The number of aliphatic hydroxyl groups excluding tert-OH is 1. The van der Waals surface area contributed by atoms with E-state index < -0.39 is 5.09 Å². The van der Waals surface area contributed by atoms with Crippen LogP contribution in [0, 0.1) is 10.1 Å². The molecule has 0 amide bonds. The van der Waals surface area contributed by atoms with Crippen LogP contribution in [-0.2, 0) is 0 Å². The molecule has 2 N–H and O–H groups in total. The van der Waals surface area contributed by atoms with Crippen molar-refractivity contribution in [2.75, 3.05) is 6.61 Å². The van der Waals surface area contributed by atoms with Gasteiger partial charge in [-0.05, 0) is 6.42 Å². The van der Waals surface area contributed by atoms with E-state index in [4.69, 9.17) is 20.4 Å². The highest BCUT2D eigenvalue weighted by Crippen LogP contribution is 2.07. The number of rotatable bonds is 4. The van der Waals surface area contributed by atoms with Crippen molar-refractivity contribution in [1.29, 1.82) is 0 Å². The molecule has 0 fully saturated rings.